The molecule has 1 heterocycles. The van der Waals surface area contributed by atoms with E-state index in [1.54, 1.807) is 6.07 Å². The molecule has 106 valence electrons. The van der Waals surface area contributed by atoms with Crippen LogP contribution in [-0.2, 0) is 10.2 Å². The number of aryl methyl sites for hydroxylation is 1. The second kappa shape index (κ2) is 5.12. The summed E-state index contributed by atoms with van der Waals surface area (Å²) in [6, 6.07) is 9.84. The van der Waals surface area contributed by atoms with Crippen LogP contribution in [0.4, 0.5) is 0 Å². The molecule has 2 aromatic rings. The van der Waals surface area contributed by atoms with Gasteiger partial charge in [0.25, 0.3) is 0 Å². The molecule has 0 aliphatic carbocycles. The maximum Gasteiger partial charge on any atom is 0.358 e. The molecule has 4 heteroatoms. The smallest absolute Gasteiger partial charge is 0.358 e. The number of rotatable bonds is 2. The van der Waals surface area contributed by atoms with Gasteiger partial charge in [0.1, 0.15) is 0 Å². The first-order valence-corrected chi connectivity index (χ1v) is 6.59. The number of aromatic nitrogens is 2. The lowest BCUT2D eigenvalue weighted by atomic mass is 9.91. The topological polar surface area (TPSA) is 44.1 Å². The minimum absolute atomic E-state index is 0.122. The van der Waals surface area contributed by atoms with E-state index in [0.717, 1.165) is 16.9 Å². The lowest BCUT2D eigenvalue weighted by Crippen LogP contribution is -2.17. The van der Waals surface area contributed by atoms with Gasteiger partial charge in [-0.25, -0.2) is 9.48 Å². The highest BCUT2D eigenvalue weighted by Crippen LogP contribution is 2.26. The van der Waals surface area contributed by atoms with Gasteiger partial charge in [-0.2, -0.15) is 5.10 Å². The van der Waals surface area contributed by atoms with Crippen LogP contribution >= 0.6 is 0 Å². The zero-order chi connectivity index (χ0) is 14.9. The van der Waals surface area contributed by atoms with Crippen LogP contribution in [0.3, 0.4) is 0 Å². The Kier molecular flexibility index (Phi) is 3.66. The number of nitrogens with zero attached hydrogens (tertiary/aromatic N) is 2. The number of ether oxygens (including phenoxy) is 1. The molecular formula is C16H20N2O2. The molecule has 0 atom stereocenters. The van der Waals surface area contributed by atoms with Crippen LogP contribution in [0, 0.1) is 6.92 Å². The van der Waals surface area contributed by atoms with Gasteiger partial charge < -0.3 is 4.74 Å². The number of benzene rings is 1. The quantitative estimate of drug-likeness (QED) is 0.788. The van der Waals surface area contributed by atoms with E-state index in [-0.39, 0.29) is 5.41 Å². The summed E-state index contributed by atoms with van der Waals surface area (Å²) in [4.78, 5) is 11.7. The Morgan fingerprint density at radius 1 is 1.25 bits per heavy atom. The zero-order valence-corrected chi connectivity index (χ0v) is 12.6. The van der Waals surface area contributed by atoms with Gasteiger partial charge in [-0.1, -0.05) is 32.9 Å². The van der Waals surface area contributed by atoms with E-state index in [0.29, 0.717) is 5.69 Å². The SMILES string of the molecule is COC(=O)c1cc(C(C)(C)C)n(-c2cccc(C)c2)n1. The second-order valence-corrected chi connectivity index (χ2v) is 5.91. The van der Waals surface area contributed by atoms with Crippen LogP contribution in [0.25, 0.3) is 5.69 Å². The predicted octanol–water partition coefficient (Wildman–Crippen LogP) is 3.26. The molecule has 0 amide bonds. The van der Waals surface area contributed by atoms with Crippen molar-refractivity contribution >= 4 is 5.97 Å². The fourth-order valence-corrected chi connectivity index (χ4v) is 2.08. The average molecular weight is 272 g/mol. The molecule has 1 aromatic heterocycles. The molecule has 0 fully saturated rings. The highest BCUT2D eigenvalue weighted by atomic mass is 16.5. The lowest BCUT2D eigenvalue weighted by molar-refractivity contribution is 0.0593. The summed E-state index contributed by atoms with van der Waals surface area (Å²) in [5.41, 5.74) is 3.29. The summed E-state index contributed by atoms with van der Waals surface area (Å²) >= 11 is 0. The van der Waals surface area contributed by atoms with Gasteiger partial charge in [0.05, 0.1) is 18.5 Å². The molecule has 0 bridgehead atoms. The molecule has 2 rings (SSSR count). The van der Waals surface area contributed by atoms with E-state index in [1.807, 2.05) is 35.9 Å². The number of hydrogen-bond acceptors (Lipinski definition) is 3. The van der Waals surface area contributed by atoms with Crippen molar-refractivity contribution in [1.29, 1.82) is 0 Å². The highest BCUT2D eigenvalue weighted by Gasteiger charge is 2.24. The maximum absolute atomic E-state index is 11.7. The minimum Gasteiger partial charge on any atom is -0.464 e. The summed E-state index contributed by atoms with van der Waals surface area (Å²) in [5.74, 6) is -0.415. The molecule has 0 unspecified atom stereocenters. The molecular weight excluding hydrogens is 252 g/mol. The van der Waals surface area contributed by atoms with Gasteiger partial charge in [-0.05, 0) is 30.7 Å². The van der Waals surface area contributed by atoms with Crippen LogP contribution < -0.4 is 0 Å². The van der Waals surface area contributed by atoms with Crippen molar-refractivity contribution in [1.82, 2.24) is 9.78 Å². The third-order valence-electron chi connectivity index (χ3n) is 3.12. The van der Waals surface area contributed by atoms with E-state index in [9.17, 15) is 4.79 Å². The van der Waals surface area contributed by atoms with E-state index >= 15 is 0 Å². The van der Waals surface area contributed by atoms with Crippen molar-refractivity contribution in [2.75, 3.05) is 7.11 Å². The third-order valence-corrected chi connectivity index (χ3v) is 3.12. The van der Waals surface area contributed by atoms with Gasteiger partial charge in [0.15, 0.2) is 5.69 Å². The Bertz CT molecular complexity index is 636. The van der Waals surface area contributed by atoms with Crippen molar-refractivity contribution in [2.24, 2.45) is 0 Å². The standard InChI is InChI=1S/C16H20N2O2/c1-11-7-6-8-12(9-11)18-14(16(2,3)4)10-13(17-18)15(19)20-5/h6-10H,1-5H3. The van der Waals surface area contributed by atoms with Crippen LogP contribution in [0.5, 0.6) is 0 Å². The maximum atomic E-state index is 11.7. The van der Waals surface area contributed by atoms with Gasteiger partial charge in [0, 0.05) is 5.41 Å². The molecule has 1 aromatic carbocycles. The number of carbonyl (C=O) groups excluding carboxylic acids is 1. The normalized spacial score (nSPS) is 11.4. The molecule has 0 N–H and O–H groups in total. The Balaban J connectivity index is 2.62. The van der Waals surface area contributed by atoms with Crippen molar-refractivity contribution in [3.63, 3.8) is 0 Å². The summed E-state index contributed by atoms with van der Waals surface area (Å²) in [6.45, 7) is 8.32. The van der Waals surface area contributed by atoms with E-state index < -0.39 is 5.97 Å². The van der Waals surface area contributed by atoms with Gasteiger partial charge in [-0.3, -0.25) is 0 Å². The lowest BCUT2D eigenvalue weighted by Gasteiger charge is -2.20. The molecule has 0 aliphatic heterocycles. The first kappa shape index (κ1) is 14.3. The second-order valence-electron chi connectivity index (χ2n) is 5.91. The summed E-state index contributed by atoms with van der Waals surface area (Å²) in [5, 5.41) is 4.40. The molecule has 0 radical (unpaired) electrons. The first-order chi connectivity index (χ1) is 9.32. The molecule has 0 saturated heterocycles. The Labute approximate surface area is 119 Å². The van der Waals surface area contributed by atoms with Gasteiger partial charge in [-0.15, -0.1) is 0 Å². The largest absolute Gasteiger partial charge is 0.464 e. The van der Waals surface area contributed by atoms with Crippen LogP contribution in [0.2, 0.25) is 0 Å². The molecule has 0 saturated carbocycles. The Morgan fingerprint density at radius 3 is 2.50 bits per heavy atom. The number of esters is 1. The first-order valence-electron chi connectivity index (χ1n) is 6.59. The average Bonchev–Trinajstić information content (AvgIpc) is 2.82. The Morgan fingerprint density at radius 2 is 1.95 bits per heavy atom. The summed E-state index contributed by atoms with van der Waals surface area (Å²) < 4.78 is 6.58. The van der Waals surface area contributed by atoms with Gasteiger partial charge in [0.2, 0.25) is 0 Å². The minimum atomic E-state index is -0.415. The van der Waals surface area contributed by atoms with Crippen LogP contribution in [0.15, 0.2) is 30.3 Å². The number of methoxy groups -OCH3 is 1. The Hall–Kier alpha value is -2.10. The van der Waals surface area contributed by atoms with Crippen LogP contribution in [0.1, 0.15) is 42.5 Å². The van der Waals surface area contributed by atoms with E-state index in [2.05, 4.69) is 25.9 Å². The molecule has 0 spiro atoms. The monoisotopic (exact) mass is 272 g/mol. The highest BCUT2D eigenvalue weighted by molar-refractivity contribution is 5.87. The third kappa shape index (κ3) is 2.74. The van der Waals surface area contributed by atoms with Crippen LogP contribution in [-0.4, -0.2) is 22.9 Å². The number of hydrogen-bond donors (Lipinski definition) is 0. The molecule has 20 heavy (non-hydrogen) atoms. The summed E-state index contributed by atoms with van der Waals surface area (Å²) in [6.07, 6.45) is 0. The van der Waals surface area contributed by atoms with Gasteiger partial charge >= 0.3 is 5.97 Å². The summed E-state index contributed by atoms with van der Waals surface area (Å²) in [7, 11) is 1.37. The molecule has 4 nitrogen and oxygen atoms in total. The number of carbonyl (C=O) groups is 1. The van der Waals surface area contributed by atoms with Crippen molar-refractivity contribution in [3.8, 4) is 5.69 Å². The van der Waals surface area contributed by atoms with E-state index in [1.165, 1.54) is 7.11 Å². The predicted molar refractivity (Wildman–Crippen MR) is 78.3 cm³/mol. The fraction of sp³-hybridized carbons (Fsp3) is 0.375. The zero-order valence-electron chi connectivity index (χ0n) is 12.6. The fourth-order valence-electron chi connectivity index (χ4n) is 2.08. The van der Waals surface area contributed by atoms with Crippen molar-refractivity contribution in [3.05, 3.63) is 47.3 Å². The van der Waals surface area contributed by atoms with E-state index in [4.69, 9.17) is 4.74 Å². The van der Waals surface area contributed by atoms with Crippen molar-refractivity contribution in [2.45, 2.75) is 33.1 Å². The molecule has 0 aliphatic rings. The van der Waals surface area contributed by atoms with Crippen molar-refractivity contribution < 1.29 is 9.53 Å².